The highest BCUT2D eigenvalue weighted by atomic mass is 35.7. The van der Waals surface area contributed by atoms with Gasteiger partial charge >= 0.3 is 0 Å². The zero-order chi connectivity index (χ0) is 22.9. The van der Waals surface area contributed by atoms with Gasteiger partial charge in [0.1, 0.15) is 0 Å². The van der Waals surface area contributed by atoms with Crippen LogP contribution in [0.3, 0.4) is 0 Å². The van der Waals surface area contributed by atoms with E-state index in [-0.39, 0.29) is 21.9 Å². The van der Waals surface area contributed by atoms with Crippen molar-refractivity contribution in [3.8, 4) is 12.1 Å². The van der Waals surface area contributed by atoms with E-state index < -0.39 is 19.1 Å². The number of halogens is 1. The van der Waals surface area contributed by atoms with Crippen LogP contribution < -0.4 is 4.72 Å². The Morgan fingerprint density at radius 3 is 1.90 bits per heavy atom. The number of hydrogen-bond donors (Lipinski definition) is 1. The second-order valence-electron chi connectivity index (χ2n) is 6.02. The Bertz CT molecular complexity index is 1330. The summed E-state index contributed by atoms with van der Waals surface area (Å²) in [6, 6.07) is 24.4. The van der Waals surface area contributed by atoms with Gasteiger partial charge in [0.05, 0.1) is 33.1 Å². The van der Waals surface area contributed by atoms with Gasteiger partial charge in [0.15, 0.2) is 0 Å². The summed E-state index contributed by atoms with van der Waals surface area (Å²) in [5.74, 6) is 0. The summed E-state index contributed by atoms with van der Waals surface area (Å²) in [6.45, 7) is 0.239. The van der Waals surface area contributed by atoms with Crippen molar-refractivity contribution in [1.82, 2.24) is 4.72 Å². The van der Waals surface area contributed by atoms with Crippen molar-refractivity contribution in [2.75, 3.05) is 0 Å². The summed E-state index contributed by atoms with van der Waals surface area (Å²) in [6.07, 6.45) is 0. The maximum absolute atomic E-state index is 12.0. The molecule has 0 aromatic heterocycles. The van der Waals surface area contributed by atoms with E-state index in [1.54, 1.807) is 0 Å². The lowest BCUT2D eigenvalue weighted by molar-refractivity contribution is 0.581. The molecule has 158 valence electrons. The molecule has 0 radical (unpaired) electrons. The van der Waals surface area contributed by atoms with Gasteiger partial charge in [-0.2, -0.15) is 10.5 Å². The zero-order valence-electron chi connectivity index (χ0n) is 15.9. The Morgan fingerprint density at radius 2 is 1.35 bits per heavy atom. The predicted molar refractivity (Wildman–Crippen MR) is 116 cm³/mol. The van der Waals surface area contributed by atoms with E-state index in [9.17, 15) is 16.8 Å². The van der Waals surface area contributed by atoms with Crippen molar-refractivity contribution in [3.05, 3.63) is 95.6 Å². The molecule has 3 aromatic carbocycles. The van der Waals surface area contributed by atoms with Crippen LogP contribution in [-0.2, 0) is 25.6 Å². The summed E-state index contributed by atoms with van der Waals surface area (Å²) in [5, 5.41) is 17.1. The molecule has 0 atom stereocenters. The van der Waals surface area contributed by atoms with E-state index in [0.717, 1.165) is 5.56 Å². The number of benzene rings is 3. The minimum absolute atomic E-state index is 0.0526. The average Bonchev–Trinajstić information content (AvgIpc) is 2.78. The van der Waals surface area contributed by atoms with Crippen LogP contribution in [0, 0.1) is 22.7 Å². The van der Waals surface area contributed by atoms with Crippen LogP contribution in [0.2, 0.25) is 0 Å². The largest absolute Gasteiger partial charge is 0.261 e. The second kappa shape index (κ2) is 10.7. The molecule has 0 saturated heterocycles. The Hall–Kier alpha value is -3.21. The van der Waals surface area contributed by atoms with E-state index in [0.29, 0.717) is 5.56 Å². The van der Waals surface area contributed by atoms with Gasteiger partial charge in [-0.1, -0.05) is 36.4 Å². The quantitative estimate of drug-likeness (QED) is 0.564. The minimum atomic E-state index is -3.71. The summed E-state index contributed by atoms with van der Waals surface area (Å²) in [4.78, 5) is 0.102. The van der Waals surface area contributed by atoms with Crippen LogP contribution in [0.4, 0.5) is 0 Å². The molecule has 0 spiro atoms. The lowest BCUT2D eigenvalue weighted by Crippen LogP contribution is -2.23. The fourth-order valence-electron chi connectivity index (χ4n) is 2.28. The molecule has 0 bridgehead atoms. The third-order valence-corrected chi connectivity index (χ3v) is 6.62. The number of nitriles is 2. The second-order valence-corrected chi connectivity index (χ2v) is 10.4. The minimum Gasteiger partial charge on any atom is -0.207 e. The maximum Gasteiger partial charge on any atom is 0.261 e. The number of nitrogens with one attached hydrogen (secondary N) is 1. The first-order chi connectivity index (χ1) is 14.7. The highest BCUT2D eigenvalue weighted by Crippen LogP contribution is 2.15. The van der Waals surface area contributed by atoms with Crippen LogP contribution in [0.15, 0.2) is 88.7 Å². The van der Waals surface area contributed by atoms with Crippen molar-refractivity contribution in [1.29, 1.82) is 10.5 Å². The van der Waals surface area contributed by atoms with E-state index in [2.05, 4.69) is 4.72 Å². The molecule has 3 aromatic rings. The third kappa shape index (κ3) is 7.52. The molecule has 0 saturated carbocycles. The molecule has 0 aliphatic heterocycles. The zero-order valence-corrected chi connectivity index (χ0v) is 18.3. The SMILES string of the molecule is N#Cc1ccc(S(=O)(=O)NCc2ccccc2)cc1.N#Cc1cccc(S(=O)(=O)Cl)c1. The molecule has 0 aliphatic rings. The van der Waals surface area contributed by atoms with Crippen LogP contribution in [0.25, 0.3) is 0 Å². The number of rotatable bonds is 5. The maximum atomic E-state index is 12.0. The fraction of sp³-hybridized carbons (Fsp3) is 0.0476. The highest BCUT2D eigenvalue weighted by Gasteiger charge is 2.13. The summed E-state index contributed by atoms with van der Waals surface area (Å²) < 4.78 is 48.1. The molecular formula is C21H16ClN3O4S2. The smallest absolute Gasteiger partial charge is 0.207 e. The van der Waals surface area contributed by atoms with Crippen molar-refractivity contribution >= 4 is 29.8 Å². The topological polar surface area (TPSA) is 128 Å². The van der Waals surface area contributed by atoms with Crippen LogP contribution in [0.1, 0.15) is 16.7 Å². The lowest BCUT2D eigenvalue weighted by Gasteiger charge is -2.06. The summed E-state index contributed by atoms with van der Waals surface area (Å²) in [7, 11) is -2.21. The first-order valence-electron chi connectivity index (χ1n) is 8.64. The van der Waals surface area contributed by atoms with Gasteiger partial charge in [-0.25, -0.2) is 21.6 Å². The van der Waals surface area contributed by atoms with Crippen LogP contribution in [-0.4, -0.2) is 16.8 Å². The van der Waals surface area contributed by atoms with Crippen molar-refractivity contribution in [2.45, 2.75) is 16.3 Å². The fourth-order valence-corrected chi connectivity index (χ4v) is 4.10. The standard InChI is InChI=1S/C14H12N2O2S.C7H4ClNO2S/c15-10-12-6-8-14(9-7-12)19(17,18)16-11-13-4-2-1-3-5-13;8-12(10,11)7-3-1-2-6(4-7)5-9/h1-9,16H,11H2;1-4H. The van der Waals surface area contributed by atoms with E-state index in [1.165, 1.54) is 48.5 Å². The molecule has 0 fully saturated rings. The van der Waals surface area contributed by atoms with Gasteiger partial charge in [0, 0.05) is 17.2 Å². The highest BCUT2D eigenvalue weighted by molar-refractivity contribution is 8.13. The Labute approximate surface area is 185 Å². The third-order valence-electron chi connectivity index (χ3n) is 3.85. The van der Waals surface area contributed by atoms with Crippen LogP contribution in [0.5, 0.6) is 0 Å². The molecule has 0 aliphatic carbocycles. The predicted octanol–water partition coefficient (Wildman–Crippen LogP) is 3.52. The normalized spacial score (nSPS) is 10.8. The van der Waals surface area contributed by atoms with Gasteiger partial charge < -0.3 is 0 Å². The summed E-state index contributed by atoms with van der Waals surface area (Å²) in [5.41, 5.74) is 1.60. The van der Waals surface area contributed by atoms with Gasteiger partial charge in [-0.3, -0.25) is 0 Å². The van der Waals surface area contributed by atoms with Crippen molar-refractivity contribution in [2.24, 2.45) is 0 Å². The molecule has 7 nitrogen and oxygen atoms in total. The van der Waals surface area contributed by atoms with Crippen molar-refractivity contribution < 1.29 is 16.8 Å². The molecule has 31 heavy (non-hydrogen) atoms. The molecule has 1 N–H and O–H groups in total. The first-order valence-corrected chi connectivity index (χ1v) is 12.4. The molecule has 0 unspecified atom stereocenters. The van der Waals surface area contributed by atoms with Gasteiger partial charge in [-0.15, -0.1) is 0 Å². The number of hydrogen-bond acceptors (Lipinski definition) is 6. The van der Waals surface area contributed by atoms with Gasteiger partial charge in [0.25, 0.3) is 9.05 Å². The average molecular weight is 474 g/mol. The van der Waals surface area contributed by atoms with E-state index in [1.807, 2.05) is 42.5 Å². The Balaban J connectivity index is 0.000000245. The van der Waals surface area contributed by atoms with Gasteiger partial charge in [-0.05, 0) is 48.0 Å². The molecular weight excluding hydrogens is 458 g/mol. The van der Waals surface area contributed by atoms with Gasteiger partial charge in [0.2, 0.25) is 10.0 Å². The monoisotopic (exact) mass is 473 g/mol. The lowest BCUT2D eigenvalue weighted by atomic mass is 10.2. The summed E-state index contributed by atoms with van der Waals surface area (Å²) >= 11 is 0. The van der Waals surface area contributed by atoms with Crippen LogP contribution >= 0.6 is 10.7 Å². The first kappa shape index (κ1) is 24.1. The molecule has 3 rings (SSSR count). The Morgan fingerprint density at radius 1 is 0.742 bits per heavy atom. The Kier molecular flexibility index (Phi) is 8.31. The molecule has 0 amide bonds. The number of sulfonamides is 1. The number of nitrogens with zero attached hydrogens (tertiary/aromatic N) is 2. The van der Waals surface area contributed by atoms with Crippen molar-refractivity contribution in [3.63, 3.8) is 0 Å². The van der Waals surface area contributed by atoms with E-state index >= 15 is 0 Å². The van der Waals surface area contributed by atoms with E-state index in [4.69, 9.17) is 21.2 Å². The molecule has 0 heterocycles. The molecule has 10 heteroatoms.